The number of hydrogen-bond acceptors (Lipinski definition) is 7. The zero-order chi connectivity index (χ0) is 23.9. The quantitative estimate of drug-likeness (QED) is 0.218. The average molecular weight is 485 g/mol. The maximum atomic E-state index is 11.5. The van der Waals surface area contributed by atoms with Crippen LogP contribution in [0, 0.1) is 10.1 Å². The van der Waals surface area contributed by atoms with E-state index in [-0.39, 0.29) is 16.8 Å². The molecule has 1 aromatic carbocycles. The number of aromatic nitrogens is 4. The Kier molecular flexibility index (Phi) is 6.27. The number of nitro benzene ring substituents is 1. The summed E-state index contributed by atoms with van der Waals surface area (Å²) < 4.78 is 16.1. The summed E-state index contributed by atoms with van der Waals surface area (Å²) in [5.41, 5.74) is 3.56. The van der Waals surface area contributed by atoms with Gasteiger partial charge in [-0.3, -0.25) is 10.1 Å². The number of nitro groups is 1. The highest BCUT2D eigenvalue weighted by atomic mass is 28.3. The van der Waals surface area contributed by atoms with Gasteiger partial charge in [0.1, 0.15) is 12.4 Å². The van der Waals surface area contributed by atoms with E-state index in [1.54, 1.807) is 12.1 Å². The number of benzene rings is 1. The summed E-state index contributed by atoms with van der Waals surface area (Å²) in [5.74, 6) is 0.694. The molecule has 1 fully saturated rings. The van der Waals surface area contributed by atoms with Gasteiger partial charge in [-0.2, -0.15) is 5.10 Å². The lowest BCUT2D eigenvalue weighted by molar-refractivity contribution is -0.384. The van der Waals surface area contributed by atoms with E-state index in [2.05, 4.69) is 29.5 Å². The molecule has 2 aromatic heterocycles. The van der Waals surface area contributed by atoms with E-state index >= 15 is 0 Å². The highest BCUT2D eigenvalue weighted by Gasteiger charge is 2.28. The molecule has 0 radical (unpaired) electrons. The van der Waals surface area contributed by atoms with Crippen molar-refractivity contribution in [1.29, 1.82) is 0 Å². The largest absolute Gasteiger partial charge is 0.361 e. The number of hydrogen-bond donors (Lipinski definition) is 1. The van der Waals surface area contributed by atoms with Gasteiger partial charge in [0.05, 0.1) is 21.8 Å². The Hall–Kier alpha value is -2.60. The highest BCUT2D eigenvalue weighted by Crippen LogP contribution is 2.36. The van der Waals surface area contributed by atoms with Crippen LogP contribution in [0.4, 0.5) is 5.69 Å². The highest BCUT2D eigenvalue weighted by molar-refractivity contribution is 6.76. The van der Waals surface area contributed by atoms with Gasteiger partial charge in [0, 0.05) is 51.9 Å². The monoisotopic (exact) mass is 484 g/mol. The van der Waals surface area contributed by atoms with E-state index in [4.69, 9.17) is 19.6 Å². The van der Waals surface area contributed by atoms with Crippen LogP contribution >= 0.6 is 0 Å². The lowest BCUT2D eigenvalue weighted by Gasteiger charge is -2.23. The molecule has 1 saturated heterocycles. The molecule has 0 bridgehead atoms. The molecule has 10 nitrogen and oxygen atoms in total. The van der Waals surface area contributed by atoms with Crippen molar-refractivity contribution in [3.63, 3.8) is 0 Å². The van der Waals surface area contributed by atoms with Crippen molar-refractivity contribution in [1.82, 2.24) is 24.6 Å². The first-order valence-electron chi connectivity index (χ1n) is 12.0. The smallest absolute Gasteiger partial charge is 0.270 e. The fourth-order valence-corrected chi connectivity index (χ4v) is 5.33. The first kappa shape index (κ1) is 23.2. The normalized spacial score (nSPS) is 18.5. The third kappa shape index (κ3) is 4.52. The van der Waals surface area contributed by atoms with Crippen LogP contribution in [-0.2, 0) is 29.3 Å². The summed E-state index contributed by atoms with van der Waals surface area (Å²) in [5, 5.41) is 20.6. The molecule has 0 aliphatic carbocycles. The predicted molar refractivity (Wildman–Crippen MR) is 131 cm³/mol. The lowest BCUT2D eigenvalue weighted by atomic mass is 10.1. The molecule has 0 spiro atoms. The molecule has 5 rings (SSSR count). The van der Waals surface area contributed by atoms with E-state index < -0.39 is 8.07 Å². The minimum atomic E-state index is -1.20. The van der Waals surface area contributed by atoms with Crippen molar-refractivity contribution < 1.29 is 14.4 Å². The summed E-state index contributed by atoms with van der Waals surface area (Å²) in [6.45, 7) is 10.2. The van der Waals surface area contributed by atoms with E-state index in [9.17, 15) is 10.1 Å². The van der Waals surface area contributed by atoms with Crippen LogP contribution in [-0.4, -0.2) is 45.5 Å². The fourth-order valence-electron chi connectivity index (χ4n) is 4.57. The van der Waals surface area contributed by atoms with Crippen LogP contribution in [0.5, 0.6) is 0 Å². The Labute approximate surface area is 199 Å². The number of non-ortho nitro benzene ring substituents is 1. The Morgan fingerprint density at radius 1 is 1.29 bits per heavy atom. The van der Waals surface area contributed by atoms with E-state index in [0.29, 0.717) is 49.9 Å². The van der Waals surface area contributed by atoms with Gasteiger partial charge >= 0.3 is 0 Å². The molecule has 0 saturated carbocycles. The van der Waals surface area contributed by atoms with Gasteiger partial charge in [-0.1, -0.05) is 19.6 Å². The average Bonchev–Trinajstić information content (AvgIpc) is 3.49. The Morgan fingerprint density at radius 3 is 2.88 bits per heavy atom. The molecule has 2 aliphatic heterocycles. The molecule has 182 valence electrons. The molecule has 3 aromatic rings. The van der Waals surface area contributed by atoms with Gasteiger partial charge in [-0.15, -0.1) is 0 Å². The van der Waals surface area contributed by atoms with E-state index in [1.165, 1.54) is 6.07 Å². The first-order chi connectivity index (χ1) is 16.3. The van der Waals surface area contributed by atoms with Crippen molar-refractivity contribution in [2.75, 3.05) is 13.2 Å². The molecule has 0 amide bonds. The summed E-state index contributed by atoms with van der Waals surface area (Å²) >= 11 is 0. The zero-order valence-electron chi connectivity index (χ0n) is 20.0. The number of imidazole rings is 1. The molecular formula is C23H32N6O4Si. The lowest BCUT2D eigenvalue weighted by Crippen LogP contribution is -2.22. The third-order valence-electron chi connectivity index (χ3n) is 6.50. The molecule has 4 heterocycles. The summed E-state index contributed by atoms with van der Waals surface area (Å²) in [7, 11) is -1.20. The van der Waals surface area contributed by atoms with Crippen LogP contribution in [0.25, 0.3) is 22.4 Å². The molecule has 11 heteroatoms. The van der Waals surface area contributed by atoms with Crippen molar-refractivity contribution in [2.24, 2.45) is 0 Å². The molecule has 1 unspecified atom stereocenters. The minimum absolute atomic E-state index is 0.0385. The minimum Gasteiger partial charge on any atom is -0.361 e. The fraction of sp³-hybridized carbons (Fsp3) is 0.565. The van der Waals surface area contributed by atoms with Crippen molar-refractivity contribution >= 4 is 24.7 Å². The summed E-state index contributed by atoms with van der Waals surface area (Å²) in [6, 6.07) is 5.99. The Morgan fingerprint density at radius 2 is 2.15 bits per heavy atom. The van der Waals surface area contributed by atoms with Crippen LogP contribution in [0.1, 0.15) is 36.9 Å². The second-order valence-electron chi connectivity index (χ2n) is 10.3. The number of ether oxygens (including phenoxy) is 2. The molecule has 34 heavy (non-hydrogen) atoms. The van der Waals surface area contributed by atoms with Crippen molar-refractivity contribution in [2.45, 2.75) is 71.0 Å². The number of fused-ring (bicyclic) bond motifs is 2. The van der Waals surface area contributed by atoms with Gasteiger partial charge in [-0.05, 0) is 31.4 Å². The molecule has 1 atom stereocenters. The van der Waals surface area contributed by atoms with Crippen molar-refractivity contribution in [3.05, 3.63) is 39.7 Å². The summed E-state index contributed by atoms with van der Waals surface area (Å²) in [6.07, 6.45) is 2.78. The van der Waals surface area contributed by atoms with E-state index in [1.807, 2.05) is 4.68 Å². The SMILES string of the molecule is C[Si](C)(C)CCOCn1c(-c2nn(C3CCCCO3)c3ccc([N+](=O)[O-])cc23)nc2c1CNC2. The van der Waals surface area contributed by atoms with Crippen molar-refractivity contribution in [3.8, 4) is 11.5 Å². The number of nitrogens with zero attached hydrogens (tertiary/aromatic N) is 5. The number of rotatable bonds is 8. The molecule has 1 N–H and O–H groups in total. The van der Waals surface area contributed by atoms with Gasteiger partial charge < -0.3 is 19.4 Å². The van der Waals surface area contributed by atoms with Crippen LogP contribution in [0.3, 0.4) is 0 Å². The molecule has 2 aliphatic rings. The maximum absolute atomic E-state index is 11.5. The Bertz CT molecular complexity index is 1210. The molecular weight excluding hydrogens is 452 g/mol. The summed E-state index contributed by atoms with van der Waals surface area (Å²) in [4.78, 5) is 16.1. The first-order valence-corrected chi connectivity index (χ1v) is 15.7. The van der Waals surface area contributed by atoms with E-state index in [0.717, 1.165) is 42.2 Å². The standard InChI is InChI=1S/C23H32N6O4Si/c1-34(2,3)11-10-32-15-27-20-14-24-13-18(20)25-23(27)22-17-12-16(29(30)31)7-8-19(17)28(26-22)21-6-4-5-9-33-21/h7-8,12,21,24H,4-6,9-11,13-15H2,1-3H3. The maximum Gasteiger partial charge on any atom is 0.270 e. The third-order valence-corrected chi connectivity index (χ3v) is 8.20. The van der Waals surface area contributed by atoms with Crippen LogP contribution in [0.2, 0.25) is 25.7 Å². The van der Waals surface area contributed by atoms with Gasteiger partial charge in [0.2, 0.25) is 0 Å². The second kappa shape index (κ2) is 9.21. The van der Waals surface area contributed by atoms with Gasteiger partial charge in [0.15, 0.2) is 12.1 Å². The Balaban J connectivity index is 1.58. The van der Waals surface area contributed by atoms with Crippen LogP contribution < -0.4 is 5.32 Å². The topological polar surface area (TPSA) is 109 Å². The predicted octanol–water partition coefficient (Wildman–Crippen LogP) is 4.42. The van der Waals surface area contributed by atoms with Crippen LogP contribution in [0.15, 0.2) is 18.2 Å². The van der Waals surface area contributed by atoms with Gasteiger partial charge in [-0.25, -0.2) is 9.67 Å². The zero-order valence-corrected chi connectivity index (χ0v) is 21.0. The van der Waals surface area contributed by atoms with Gasteiger partial charge in [0.25, 0.3) is 5.69 Å². The second-order valence-corrected chi connectivity index (χ2v) is 15.9. The number of nitrogens with one attached hydrogen (secondary N) is 1.